The topological polar surface area (TPSA) is 33.2 Å². The number of halogens is 3. The first kappa shape index (κ1) is 12.9. The van der Waals surface area contributed by atoms with Crippen LogP contribution in [0, 0.1) is 23.5 Å². The van der Waals surface area contributed by atoms with Gasteiger partial charge in [0.05, 0.1) is 0 Å². The standard InChI is InChI=1S/C12H13F3N2O/c1-7(18)8-2-4-17(5-3-8)12-10(14)6-9(13)11(15)16-12/h6,8H,2-5H2,1H3. The minimum Gasteiger partial charge on any atom is -0.354 e. The molecule has 1 aromatic rings. The van der Waals surface area contributed by atoms with Crippen molar-refractivity contribution in [2.45, 2.75) is 19.8 Å². The largest absolute Gasteiger partial charge is 0.354 e. The van der Waals surface area contributed by atoms with E-state index in [4.69, 9.17) is 0 Å². The summed E-state index contributed by atoms with van der Waals surface area (Å²) in [6.45, 7) is 2.36. The number of hydrogen-bond acceptors (Lipinski definition) is 3. The van der Waals surface area contributed by atoms with Crippen molar-refractivity contribution >= 4 is 11.6 Å². The number of Topliss-reactive ketones (excluding diaryl/α,β-unsaturated/α-hetero) is 1. The van der Waals surface area contributed by atoms with Crippen LogP contribution >= 0.6 is 0 Å². The fourth-order valence-electron chi connectivity index (χ4n) is 2.15. The van der Waals surface area contributed by atoms with Crippen molar-refractivity contribution in [1.29, 1.82) is 0 Å². The molecule has 6 heteroatoms. The lowest BCUT2D eigenvalue weighted by atomic mass is 9.93. The zero-order valence-corrected chi connectivity index (χ0v) is 9.92. The van der Waals surface area contributed by atoms with E-state index in [2.05, 4.69) is 4.98 Å². The summed E-state index contributed by atoms with van der Waals surface area (Å²) in [7, 11) is 0. The molecule has 1 fully saturated rings. The third-order valence-electron chi connectivity index (χ3n) is 3.24. The predicted octanol–water partition coefficient (Wildman–Crippen LogP) is 2.30. The van der Waals surface area contributed by atoms with Gasteiger partial charge in [-0.2, -0.15) is 9.37 Å². The summed E-state index contributed by atoms with van der Waals surface area (Å²) in [6.07, 6.45) is 1.16. The molecule has 1 aliphatic heterocycles. The van der Waals surface area contributed by atoms with Crippen LogP contribution in [0.5, 0.6) is 0 Å². The van der Waals surface area contributed by atoms with Gasteiger partial charge in [-0.1, -0.05) is 0 Å². The maximum atomic E-state index is 13.5. The number of carbonyl (C=O) groups is 1. The van der Waals surface area contributed by atoms with Crippen LogP contribution in [-0.4, -0.2) is 23.9 Å². The Bertz CT molecular complexity index is 471. The molecule has 2 rings (SSSR count). The van der Waals surface area contributed by atoms with Crippen LogP contribution in [0.15, 0.2) is 6.07 Å². The second kappa shape index (κ2) is 4.96. The Balaban J connectivity index is 2.15. The number of anilines is 1. The quantitative estimate of drug-likeness (QED) is 0.763. The van der Waals surface area contributed by atoms with E-state index in [9.17, 15) is 18.0 Å². The monoisotopic (exact) mass is 258 g/mol. The van der Waals surface area contributed by atoms with Crippen molar-refractivity contribution in [3.8, 4) is 0 Å². The highest BCUT2D eigenvalue weighted by molar-refractivity contribution is 5.78. The molecule has 1 aromatic heterocycles. The molecular formula is C12H13F3N2O. The normalized spacial score (nSPS) is 17.0. The molecule has 1 saturated heterocycles. The molecule has 18 heavy (non-hydrogen) atoms. The molecule has 0 aromatic carbocycles. The molecule has 0 spiro atoms. The minimum absolute atomic E-state index is 0.0328. The van der Waals surface area contributed by atoms with Gasteiger partial charge in [0.2, 0.25) is 0 Å². The van der Waals surface area contributed by atoms with E-state index in [1.807, 2.05) is 0 Å². The average Bonchev–Trinajstić information content (AvgIpc) is 2.34. The highest BCUT2D eigenvalue weighted by Crippen LogP contribution is 2.25. The molecule has 2 heterocycles. The highest BCUT2D eigenvalue weighted by Gasteiger charge is 2.25. The lowest BCUT2D eigenvalue weighted by Gasteiger charge is -2.31. The van der Waals surface area contributed by atoms with Crippen LogP contribution in [0.25, 0.3) is 0 Å². The molecule has 0 atom stereocenters. The summed E-state index contributed by atoms with van der Waals surface area (Å²) in [5.74, 6) is -3.59. The zero-order chi connectivity index (χ0) is 13.3. The smallest absolute Gasteiger partial charge is 0.251 e. The van der Waals surface area contributed by atoms with E-state index in [1.165, 1.54) is 11.8 Å². The van der Waals surface area contributed by atoms with Gasteiger partial charge in [-0.15, -0.1) is 0 Å². The van der Waals surface area contributed by atoms with Crippen molar-refractivity contribution in [3.63, 3.8) is 0 Å². The zero-order valence-electron chi connectivity index (χ0n) is 9.92. The summed E-state index contributed by atoms with van der Waals surface area (Å²) in [6, 6.07) is 0.495. The number of rotatable bonds is 2. The summed E-state index contributed by atoms with van der Waals surface area (Å²) >= 11 is 0. The molecule has 0 bridgehead atoms. The van der Waals surface area contributed by atoms with Crippen LogP contribution in [0.3, 0.4) is 0 Å². The molecule has 3 nitrogen and oxygen atoms in total. The average molecular weight is 258 g/mol. The van der Waals surface area contributed by atoms with Gasteiger partial charge in [0.1, 0.15) is 5.78 Å². The number of carbonyl (C=O) groups excluding carboxylic acids is 1. The predicted molar refractivity (Wildman–Crippen MR) is 59.7 cm³/mol. The Labute approximate surface area is 103 Å². The first-order chi connectivity index (χ1) is 8.49. The Morgan fingerprint density at radius 3 is 2.44 bits per heavy atom. The second-order valence-electron chi connectivity index (χ2n) is 4.44. The summed E-state index contributed by atoms with van der Waals surface area (Å²) in [4.78, 5) is 16.0. The van der Waals surface area contributed by atoms with Crippen molar-refractivity contribution in [2.24, 2.45) is 5.92 Å². The second-order valence-corrected chi connectivity index (χ2v) is 4.44. The maximum Gasteiger partial charge on any atom is 0.251 e. The SMILES string of the molecule is CC(=O)C1CCN(c2nc(F)c(F)cc2F)CC1. The summed E-state index contributed by atoms with van der Waals surface area (Å²) < 4.78 is 39.2. The molecule has 98 valence electrons. The fraction of sp³-hybridized carbons (Fsp3) is 0.500. The van der Waals surface area contributed by atoms with E-state index < -0.39 is 17.6 Å². The Morgan fingerprint density at radius 2 is 1.89 bits per heavy atom. The lowest BCUT2D eigenvalue weighted by Crippen LogP contribution is -2.37. The van der Waals surface area contributed by atoms with Gasteiger partial charge in [-0.25, -0.2) is 8.78 Å². The Kier molecular flexibility index (Phi) is 3.54. The van der Waals surface area contributed by atoms with E-state index in [1.54, 1.807) is 0 Å². The number of aromatic nitrogens is 1. The van der Waals surface area contributed by atoms with Gasteiger partial charge in [-0.3, -0.25) is 4.79 Å². The first-order valence-corrected chi connectivity index (χ1v) is 5.76. The van der Waals surface area contributed by atoms with Crippen molar-refractivity contribution in [1.82, 2.24) is 4.98 Å². The van der Waals surface area contributed by atoms with Crippen LogP contribution in [0.2, 0.25) is 0 Å². The number of piperidine rings is 1. The van der Waals surface area contributed by atoms with Crippen molar-refractivity contribution in [3.05, 3.63) is 23.6 Å². The maximum absolute atomic E-state index is 13.5. The fourth-order valence-corrected chi connectivity index (χ4v) is 2.15. The van der Waals surface area contributed by atoms with E-state index in [-0.39, 0.29) is 17.5 Å². The number of pyridine rings is 1. The molecule has 0 amide bonds. The van der Waals surface area contributed by atoms with Crippen LogP contribution in [0.1, 0.15) is 19.8 Å². The minimum atomic E-state index is -1.31. The van der Waals surface area contributed by atoms with Crippen molar-refractivity contribution < 1.29 is 18.0 Å². The number of nitrogens with zero attached hydrogens (tertiary/aromatic N) is 2. The van der Waals surface area contributed by atoms with Gasteiger partial charge in [0.15, 0.2) is 17.5 Å². The molecular weight excluding hydrogens is 245 g/mol. The summed E-state index contributed by atoms with van der Waals surface area (Å²) in [5.41, 5.74) is 0. The molecule has 0 N–H and O–H groups in total. The van der Waals surface area contributed by atoms with Crippen LogP contribution < -0.4 is 4.90 Å². The van der Waals surface area contributed by atoms with Gasteiger partial charge in [0.25, 0.3) is 5.95 Å². The number of ketones is 1. The molecule has 0 radical (unpaired) electrons. The first-order valence-electron chi connectivity index (χ1n) is 5.76. The number of hydrogen-bond donors (Lipinski definition) is 0. The van der Waals surface area contributed by atoms with Gasteiger partial charge in [0, 0.05) is 25.1 Å². The Hall–Kier alpha value is -1.59. The van der Waals surface area contributed by atoms with Crippen molar-refractivity contribution in [2.75, 3.05) is 18.0 Å². The summed E-state index contributed by atoms with van der Waals surface area (Å²) in [5, 5.41) is 0. The van der Waals surface area contributed by atoms with E-state index in [0.717, 1.165) is 0 Å². The Morgan fingerprint density at radius 1 is 1.28 bits per heavy atom. The third kappa shape index (κ3) is 2.47. The molecule has 0 saturated carbocycles. The highest BCUT2D eigenvalue weighted by atomic mass is 19.2. The molecule has 0 unspecified atom stereocenters. The van der Waals surface area contributed by atoms with E-state index in [0.29, 0.717) is 32.0 Å². The van der Waals surface area contributed by atoms with E-state index >= 15 is 0 Å². The van der Waals surface area contributed by atoms with Crippen LogP contribution in [0.4, 0.5) is 19.0 Å². The third-order valence-corrected chi connectivity index (χ3v) is 3.24. The van der Waals surface area contributed by atoms with Gasteiger partial charge in [-0.05, 0) is 19.8 Å². The van der Waals surface area contributed by atoms with Gasteiger partial charge < -0.3 is 4.90 Å². The molecule has 1 aliphatic rings. The molecule has 0 aliphatic carbocycles. The lowest BCUT2D eigenvalue weighted by molar-refractivity contribution is -0.121. The van der Waals surface area contributed by atoms with Crippen LogP contribution in [-0.2, 0) is 4.79 Å². The van der Waals surface area contributed by atoms with Gasteiger partial charge >= 0.3 is 0 Å².